The van der Waals surface area contributed by atoms with Gasteiger partial charge in [0, 0.05) is 20.2 Å². The first-order chi connectivity index (χ1) is 14.6. The molecule has 0 amide bonds. The molecule has 4 N–H and O–H groups in total. The summed E-state index contributed by atoms with van der Waals surface area (Å²) in [5.41, 5.74) is 0.702. The van der Waals surface area contributed by atoms with Gasteiger partial charge in [0.25, 0.3) is 0 Å². The minimum absolute atomic E-state index is 0.0244. The minimum atomic E-state index is -4.78. The first-order valence-electron chi connectivity index (χ1n) is 9.86. The Labute approximate surface area is 182 Å². The van der Waals surface area contributed by atoms with Gasteiger partial charge >= 0.3 is 7.60 Å². The van der Waals surface area contributed by atoms with Crippen LogP contribution in [0.1, 0.15) is 31.9 Å². The van der Waals surface area contributed by atoms with Gasteiger partial charge in [-0.2, -0.15) is 9.97 Å². The van der Waals surface area contributed by atoms with Gasteiger partial charge in [-0.05, 0) is 24.4 Å². The average molecular weight is 478 g/mol. The molecule has 31 heavy (non-hydrogen) atoms. The molecule has 0 radical (unpaired) electrons. The summed E-state index contributed by atoms with van der Waals surface area (Å²) in [6, 6.07) is 0.296. The first-order valence-corrected chi connectivity index (χ1v) is 11.9. The topological polar surface area (TPSA) is 163 Å². The molecule has 0 aromatic carbocycles. The van der Waals surface area contributed by atoms with Gasteiger partial charge in [-0.25, -0.2) is 4.98 Å². The highest BCUT2D eigenvalue weighted by Crippen LogP contribution is 2.48. The zero-order valence-electron chi connectivity index (χ0n) is 16.9. The molecule has 3 heterocycles. The number of nitrogens with zero attached hydrogens (tertiary/aromatic N) is 5. The molecule has 2 aliphatic rings. The largest absolute Gasteiger partial charge is 0.387 e. The predicted octanol–water partition coefficient (Wildman–Crippen LogP) is 0.628. The molecule has 1 saturated heterocycles. The highest BCUT2D eigenvalue weighted by atomic mass is 35.5. The van der Waals surface area contributed by atoms with E-state index in [4.69, 9.17) is 21.1 Å². The molecule has 1 aliphatic heterocycles. The van der Waals surface area contributed by atoms with Crippen LogP contribution in [0.2, 0.25) is 5.28 Å². The third-order valence-electron chi connectivity index (χ3n) is 5.99. The lowest BCUT2D eigenvalue weighted by Crippen LogP contribution is -2.39. The summed E-state index contributed by atoms with van der Waals surface area (Å²) in [5.74, 6) is -1.21. The van der Waals surface area contributed by atoms with Crippen LogP contribution in [0, 0.1) is 0 Å². The average Bonchev–Trinajstić information content (AvgIpc) is 3.43. The first kappa shape index (κ1) is 22.8. The predicted molar refractivity (Wildman–Crippen MR) is 110 cm³/mol. The standard InChI is InChI=1S/C17H25ClN5O7P/c1-22(8-5-3-4-6-8)13-9-14(21-17(18)20-13)23(7-19-9)15-11(25)10(24)12(30-15)16(29-2)31(26,27)28/h7-8,10-12,15-16,24-25H,3-6H2,1-2H3,(H2,26,27,28)/t10-,11+,12+,15+,16?/m0/s1. The number of ether oxygens (including phenoxy) is 2. The number of anilines is 1. The molecular formula is C17H25ClN5O7P. The van der Waals surface area contributed by atoms with Crippen molar-refractivity contribution < 1.29 is 34.0 Å². The molecule has 14 heteroatoms. The third-order valence-corrected chi connectivity index (χ3v) is 7.32. The summed E-state index contributed by atoms with van der Waals surface area (Å²) in [6.07, 6.45) is -0.136. The van der Waals surface area contributed by atoms with Gasteiger partial charge in [-0.3, -0.25) is 9.13 Å². The second kappa shape index (κ2) is 8.53. The van der Waals surface area contributed by atoms with Crippen LogP contribution in [0.4, 0.5) is 5.82 Å². The summed E-state index contributed by atoms with van der Waals surface area (Å²) in [4.78, 5) is 34.0. The second-order valence-electron chi connectivity index (χ2n) is 7.88. The zero-order valence-corrected chi connectivity index (χ0v) is 18.6. The van der Waals surface area contributed by atoms with Crippen LogP contribution in [0.3, 0.4) is 0 Å². The number of halogens is 1. The molecule has 12 nitrogen and oxygen atoms in total. The monoisotopic (exact) mass is 477 g/mol. The molecule has 2 aromatic rings. The van der Waals surface area contributed by atoms with Gasteiger partial charge in [-0.1, -0.05) is 12.8 Å². The number of aliphatic hydroxyl groups is 2. The number of fused-ring (bicyclic) bond motifs is 1. The van der Waals surface area contributed by atoms with Crippen LogP contribution in [0.15, 0.2) is 6.33 Å². The summed E-state index contributed by atoms with van der Waals surface area (Å²) < 4.78 is 23.6. The second-order valence-corrected chi connectivity index (χ2v) is 9.90. The van der Waals surface area contributed by atoms with Gasteiger partial charge in [0.05, 0.1) is 6.33 Å². The van der Waals surface area contributed by atoms with Crippen LogP contribution in [0.5, 0.6) is 0 Å². The molecule has 1 saturated carbocycles. The van der Waals surface area contributed by atoms with Gasteiger partial charge in [0.15, 0.2) is 29.1 Å². The fourth-order valence-electron chi connectivity index (χ4n) is 4.39. The fraction of sp³-hybridized carbons (Fsp3) is 0.706. The highest BCUT2D eigenvalue weighted by molar-refractivity contribution is 7.52. The Morgan fingerprint density at radius 3 is 2.58 bits per heavy atom. The van der Waals surface area contributed by atoms with Crippen molar-refractivity contribution in [2.45, 2.75) is 62.1 Å². The number of aliphatic hydroxyl groups excluding tert-OH is 2. The van der Waals surface area contributed by atoms with Gasteiger partial charge in [0.2, 0.25) is 5.28 Å². The molecule has 2 fully saturated rings. The Balaban J connectivity index is 1.71. The Morgan fingerprint density at radius 1 is 1.29 bits per heavy atom. The van der Waals surface area contributed by atoms with Crippen molar-refractivity contribution in [3.8, 4) is 0 Å². The number of imidazole rings is 1. The molecule has 5 atom stereocenters. The zero-order chi connectivity index (χ0) is 22.5. The Kier molecular flexibility index (Phi) is 6.27. The molecule has 4 rings (SSSR count). The smallest absolute Gasteiger partial charge is 0.356 e. The lowest BCUT2D eigenvalue weighted by molar-refractivity contribution is -0.0761. The molecule has 0 spiro atoms. The van der Waals surface area contributed by atoms with E-state index in [0.29, 0.717) is 17.4 Å². The normalized spacial score (nSPS) is 28.5. The van der Waals surface area contributed by atoms with Crippen LogP contribution in [-0.2, 0) is 14.0 Å². The third kappa shape index (κ3) is 4.07. The Morgan fingerprint density at radius 2 is 1.97 bits per heavy atom. The van der Waals surface area contributed by atoms with Gasteiger partial charge < -0.3 is 34.4 Å². The van der Waals surface area contributed by atoms with Crippen molar-refractivity contribution in [2.75, 3.05) is 19.1 Å². The van der Waals surface area contributed by atoms with Crippen molar-refractivity contribution in [2.24, 2.45) is 0 Å². The molecule has 0 bridgehead atoms. The van der Waals surface area contributed by atoms with E-state index in [1.165, 1.54) is 10.9 Å². The van der Waals surface area contributed by atoms with Crippen molar-refractivity contribution >= 4 is 36.2 Å². The quantitative estimate of drug-likeness (QED) is 0.340. The van der Waals surface area contributed by atoms with Crippen molar-refractivity contribution in [1.29, 1.82) is 0 Å². The Bertz CT molecular complexity index is 997. The maximum absolute atomic E-state index is 11.7. The van der Waals surface area contributed by atoms with Crippen molar-refractivity contribution in [3.05, 3.63) is 11.6 Å². The molecule has 172 valence electrons. The van der Waals surface area contributed by atoms with Crippen LogP contribution in [0.25, 0.3) is 11.2 Å². The summed E-state index contributed by atoms with van der Waals surface area (Å²) in [7, 11) is -1.78. The summed E-state index contributed by atoms with van der Waals surface area (Å²) in [5, 5.41) is 21.0. The number of hydrogen-bond donors (Lipinski definition) is 4. The van der Waals surface area contributed by atoms with Crippen molar-refractivity contribution in [3.63, 3.8) is 0 Å². The van der Waals surface area contributed by atoms with E-state index in [2.05, 4.69) is 15.0 Å². The maximum Gasteiger partial charge on any atom is 0.356 e. The van der Waals surface area contributed by atoms with Crippen molar-refractivity contribution in [1.82, 2.24) is 19.5 Å². The van der Waals surface area contributed by atoms with Crippen LogP contribution in [-0.4, -0.2) is 83.9 Å². The van der Waals surface area contributed by atoms with E-state index >= 15 is 0 Å². The maximum atomic E-state index is 11.7. The minimum Gasteiger partial charge on any atom is -0.387 e. The number of rotatable bonds is 6. The van der Waals surface area contributed by atoms with Gasteiger partial charge in [0.1, 0.15) is 18.3 Å². The fourth-order valence-corrected chi connectivity index (χ4v) is 5.45. The molecule has 1 aliphatic carbocycles. The summed E-state index contributed by atoms with van der Waals surface area (Å²) >= 11 is 6.17. The highest BCUT2D eigenvalue weighted by Gasteiger charge is 2.52. The lowest BCUT2D eigenvalue weighted by atomic mass is 10.1. The number of aromatic nitrogens is 4. The van der Waals surface area contributed by atoms with E-state index in [1.54, 1.807) is 0 Å². The lowest BCUT2D eigenvalue weighted by Gasteiger charge is -2.25. The van der Waals surface area contributed by atoms with E-state index in [0.717, 1.165) is 32.8 Å². The number of hydrogen-bond acceptors (Lipinski definition) is 9. The van der Waals surface area contributed by atoms with Crippen LogP contribution >= 0.6 is 19.2 Å². The van der Waals surface area contributed by atoms with E-state index < -0.39 is 38.0 Å². The van der Waals surface area contributed by atoms with E-state index in [9.17, 15) is 24.6 Å². The molecule has 1 unspecified atom stereocenters. The van der Waals surface area contributed by atoms with E-state index in [1.807, 2.05) is 11.9 Å². The summed E-state index contributed by atoms with van der Waals surface area (Å²) in [6.45, 7) is 0. The van der Waals surface area contributed by atoms with Crippen LogP contribution < -0.4 is 4.90 Å². The molecule has 2 aromatic heterocycles. The van der Waals surface area contributed by atoms with Gasteiger partial charge in [-0.15, -0.1) is 0 Å². The Hall–Kier alpha value is -1.37. The van der Waals surface area contributed by atoms with E-state index in [-0.39, 0.29) is 10.9 Å². The molecular weight excluding hydrogens is 453 g/mol. The SMILES string of the molecule is COC([C@@H]1O[C@@H](n2cnc3c(N(C)C4CCCC4)nc(Cl)nc32)[C@H](O)[C@@H]1O)P(=O)(O)O. The number of methoxy groups -OCH3 is 1.